The Morgan fingerprint density at radius 3 is 2.21 bits per heavy atom. The first-order valence-electron chi connectivity index (χ1n) is 8.03. The van der Waals surface area contributed by atoms with E-state index in [2.05, 4.69) is 25.4 Å². The van der Waals surface area contributed by atoms with Crippen LogP contribution in [0.3, 0.4) is 0 Å². The van der Waals surface area contributed by atoms with Crippen LogP contribution in [0.5, 0.6) is 0 Å². The average Bonchev–Trinajstić information content (AvgIpc) is 3.12. The predicted molar refractivity (Wildman–Crippen MR) is 95.7 cm³/mol. The number of para-hydroxylation sites is 1. The van der Waals surface area contributed by atoms with E-state index in [1.165, 1.54) is 6.07 Å². The second-order valence-electron chi connectivity index (χ2n) is 5.55. The van der Waals surface area contributed by atoms with Crippen molar-refractivity contribution in [3.8, 4) is 17.2 Å². The summed E-state index contributed by atoms with van der Waals surface area (Å²) in [6.07, 6.45) is -2.89. The van der Waals surface area contributed by atoms with Crippen molar-refractivity contribution in [2.45, 2.75) is 16.4 Å². The molecule has 0 saturated heterocycles. The second kappa shape index (κ2) is 7.39. The molecule has 0 aliphatic heterocycles. The van der Waals surface area contributed by atoms with E-state index < -0.39 is 11.9 Å². The van der Waals surface area contributed by atoms with E-state index in [1.807, 2.05) is 36.4 Å². The van der Waals surface area contributed by atoms with Crippen molar-refractivity contribution in [2.75, 3.05) is 0 Å². The molecule has 0 amide bonds. The van der Waals surface area contributed by atoms with Gasteiger partial charge >= 0.3 is 6.18 Å². The van der Waals surface area contributed by atoms with Crippen LogP contribution in [-0.2, 0) is 6.18 Å². The Kier molecular flexibility index (Phi) is 4.78. The standard InChI is InChI=1S/C18H11F3N6S/c19-18(20,21)14-9-10-15(24-23-14)28-17-26-25-16(13-8-4-5-11-22-13)27(17)12-6-2-1-3-7-12/h1-11H. The zero-order chi connectivity index (χ0) is 19.6. The van der Waals surface area contributed by atoms with Crippen LogP contribution in [0.1, 0.15) is 5.69 Å². The second-order valence-corrected chi connectivity index (χ2v) is 6.54. The Labute approximate surface area is 161 Å². The van der Waals surface area contributed by atoms with E-state index in [0.29, 0.717) is 16.7 Å². The summed E-state index contributed by atoms with van der Waals surface area (Å²) in [7, 11) is 0. The zero-order valence-corrected chi connectivity index (χ0v) is 14.9. The van der Waals surface area contributed by atoms with Crippen LogP contribution in [0.2, 0.25) is 0 Å². The van der Waals surface area contributed by atoms with Crippen molar-refractivity contribution in [1.29, 1.82) is 0 Å². The van der Waals surface area contributed by atoms with Crippen LogP contribution in [0.25, 0.3) is 17.2 Å². The quantitative estimate of drug-likeness (QED) is 0.509. The number of rotatable bonds is 4. The van der Waals surface area contributed by atoms with E-state index in [0.717, 1.165) is 23.5 Å². The third-order valence-corrected chi connectivity index (χ3v) is 4.54. The molecule has 0 bridgehead atoms. The van der Waals surface area contributed by atoms with Crippen molar-refractivity contribution < 1.29 is 13.2 Å². The summed E-state index contributed by atoms with van der Waals surface area (Å²) in [4.78, 5) is 4.31. The van der Waals surface area contributed by atoms with E-state index in [4.69, 9.17) is 0 Å². The third kappa shape index (κ3) is 3.72. The molecule has 0 spiro atoms. The van der Waals surface area contributed by atoms with Crippen molar-refractivity contribution in [2.24, 2.45) is 0 Å². The monoisotopic (exact) mass is 400 g/mol. The molecule has 0 unspecified atom stereocenters. The smallest absolute Gasteiger partial charge is 0.268 e. The molecule has 4 aromatic rings. The van der Waals surface area contributed by atoms with Gasteiger partial charge < -0.3 is 0 Å². The van der Waals surface area contributed by atoms with Gasteiger partial charge in [0.1, 0.15) is 10.7 Å². The lowest BCUT2D eigenvalue weighted by molar-refractivity contribution is -0.141. The fraction of sp³-hybridized carbons (Fsp3) is 0.0556. The molecule has 0 fully saturated rings. The van der Waals surface area contributed by atoms with Gasteiger partial charge in [-0.1, -0.05) is 24.3 Å². The molecular weight excluding hydrogens is 389 g/mol. The summed E-state index contributed by atoms with van der Waals surface area (Å²) in [5.74, 6) is 0.508. The molecule has 0 aliphatic carbocycles. The SMILES string of the molecule is FC(F)(F)c1ccc(Sc2nnc(-c3ccccn3)n2-c2ccccc2)nn1. The average molecular weight is 400 g/mol. The molecule has 0 N–H and O–H groups in total. The molecule has 0 aliphatic rings. The maximum absolute atomic E-state index is 12.7. The number of hydrogen-bond acceptors (Lipinski definition) is 6. The Morgan fingerprint density at radius 1 is 0.786 bits per heavy atom. The molecule has 0 atom stereocenters. The minimum absolute atomic E-state index is 0.269. The first-order chi connectivity index (χ1) is 13.5. The van der Waals surface area contributed by atoms with Gasteiger partial charge in [-0.2, -0.15) is 13.2 Å². The van der Waals surface area contributed by atoms with E-state index >= 15 is 0 Å². The highest BCUT2D eigenvalue weighted by atomic mass is 32.2. The molecule has 0 saturated carbocycles. The zero-order valence-electron chi connectivity index (χ0n) is 14.1. The minimum Gasteiger partial charge on any atom is -0.268 e. The minimum atomic E-state index is -4.54. The number of aromatic nitrogens is 6. The van der Waals surface area contributed by atoms with Gasteiger partial charge in [-0.25, -0.2) is 0 Å². The lowest BCUT2D eigenvalue weighted by atomic mass is 10.3. The number of pyridine rings is 1. The van der Waals surface area contributed by atoms with Crippen LogP contribution in [0, 0.1) is 0 Å². The summed E-state index contributed by atoms with van der Waals surface area (Å²) in [5.41, 5.74) is 0.357. The summed E-state index contributed by atoms with van der Waals surface area (Å²) in [6, 6.07) is 16.9. The van der Waals surface area contributed by atoms with Crippen LogP contribution < -0.4 is 0 Å². The Bertz CT molecular complexity index is 1070. The first kappa shape index (κ1) is 18.1. The Balaban J connectivity index is 1.74. The third-order valence-electron chi connectivity index (χ3n) is 3.67. The van der Waals surface area contributed by atoms with E-state index in [-0.39, 0.29) is 5.03 Å². The van der Waals surface area contributed by atoms with Crippen LogP contribution in [0.4, 0.5) is 13.2 Å². The molecule has 0 radical (unpaired) electrons. The summed E-state index contributed by atoms with van der Waals surface area (Å²) in [6.45, 7) is 0. The highest BCUT2D eigenvalue weighted by Gasteiger charge is 2.33. The molecule has 6 nitrogen and oxygen atoms in total. The van der Waals surface area contributed by atoms with E-state index in [9.17, 15) is 13.2 Å². The number of nitrogens with zero attached hydrogens (tertiary/aromatic N) is 6. The molecule has 28 heavy (non-hydrogen) atoms. The van der Waals surface area contributed by atoms with Gasteiger partial charge in [-0.3, -0.25) is 9.55 Å². The summed E-state index contributed by atoms with van der Waals surface area (Å²) >= 11 is 1.06. The molecule has 1 aromatic carbocycles. The summed E-state index contributed by atoms with van der Waals surface area (Å²) in [5, 5.41) is 16.0. The molecule has 3 heterocycles. The number of benzene rings is 1. The fourth-order valence-electron chi connectivity index (χ4n) is 2.43. The van der Waals surface area contributed by atoms with Crippen molar-refractivity contribution in [3.05, 3.63) is 72.6 Å². The van der Waals surface area contributed by atoms with Gasteiger partial charge in [0.25, 0.3) is 0 Å². The van der Waals surface area contributed by atoms with Crippen molar-refractivity contribution >= 4 is 11.8 Å². The van der Waals surface area contributed by atoms with Crippen LogP contribution in [0.15, 0.2) is 77.0 Å². The number of alkyl halides is 3. The fourth-order valence-corrected chi connectivity index (χ4v) is 3.20. The Morgan fingerprint density at radius 2 is 1.57 bits per heavy atom. The van der Waals surface area contributed by atoms with Gasteiger partial charge in [0, 0.05) is 11.9 Å². The predicted octanol–water partition coefficient (Wildman–Crippen LogP) is 4.29. The largest absolute Gasteiger partial charge is 0.435 e. The Hall–Kier alpha value is -3.27. The maximum atomic E-state index is 12.7. The number of hydrogen-bond donors (Lipinski definition) is 0. The normalized spacial score (nSPS) is 11.5. The van der Waals surface area contributed by atoms with Crippen molar-refractivity contribution in [3.63, 3.8) is 0 Å². The van der Waals surface area contributed by atoms with Gasteiger partial charge in [0.15, 0.2) is 11.5 Å². The van der Waals surface area contributed by atoms with Gasteiger partial charge in [0.05, 0.1) is 0 Å². The van der Waals surface area contributed by atoms with E-state index in [1.54, 1.807) is 22.9 Å². The van der Waals surface area contributed by atoms with Gasteiger partial charge in [-0.15, -0.1) is 20.4 Å². The lowest BCUT2D eigenvalue weighted by Gasteiger charge is -2.09. The molecule has 140 valence electrons. The highest BCUT2D eigenvalue weighted by Crippen LogP contribution is 2.32. The molecular formula is C18H11F3N6S. The maximum Gasteiger partial charge on any atom is 0.435 e. The van der Waals surface area contributed by atoms with Crippen molar-refractivity contribution in [1.82, 2.24) is 29.9 Å². The van der Waals surface area contributed by atoms with Crippen LogP contribution >= 0.6 is 11.8 Å². The molecule has 3 aromatic heterocycles. The van der Waals surface area contributed by atoms with Crippen LogP contribution in [-0.4, -0.2) is 29.9 Å². The van der Waals surface area contributed by atoms with Gasteiger partial charge in [-0.05, 0) is 48.2 Å². The topological polar surface area (TPSA) is 69.4 Å². The molecule has 4 rings (SSSR count). The lowest BCUT2D eigenvalue weighted by Crippen LogP contribution is -2.09. The molecule has 10 heteroatoms. The highest BCUT2D eigenvalue weighted by molar-refractivity contribution is 7.99. The summed E-state index contributed by atoms with van der Waals surface area (Å²) < 4.78 is 39.8. The first-order valence-corrected chi connectivity index (χ1v) is 8.85. The number of halogens is 3. The van der Waals surface area contributed by atoms with Gasteiger partial charge in [0.2, 0.25) is 5.16 Å².